The lowest BCUT2D eigenvalue weighted by Crippen LogP contribution is -2.21. The molecule has 0 radical (unpaired) electrons. The molecule has 4 aromatic carbocycles. The highest BCUT2D eigenvalue weighted by Crippen LogP contribution is 2.30. The van der Waals surface area contributed by atoms with Crippen molar-refractivity contribution in [1.82, 2.24) is 5.32 Å². The molecule has 32 heavy (non-hydrogen) atoms. The van der Waals surface area contributed by atoms with Crippen LogP contribution in [0, 0.1) is 0 Å². The van der Waals surface area contributed by atoms with Gasteiger partial charge in [0.25, 0.3) is 0 Å². The summed E-state index contributed by atoms with van der Waals surface area (Å²) in [6.07, 6.45) is 2.22. The molecule has 1 unspecified atom stereocenters. The summed E-state index contributed by atoms with van der Waals surface area (Å²) in [5, 5.41) is 6.99. The number of fused-ring (bicyclic) bond motifs is 1. The lowest BCUT2D eigenvalue weighted by Gasteiger charge is -2.21. The van der Waals surface area contributed by atoms with Crippen LogP contribution in [0.4, 0.5) is 0 Å². The molecule has 4 heteroatoms. The molecule has 0 aliphatic carbocycles. The van der Waals surface area contributed by atoms with Gasteiger partial charge in [-0.25, -0.2) is 0 Å². The highest BCUT2D eigenvalue weighted by atomic mass is 35.5. The van der Waals surface area contributed by atoms with E-state index < -0.39 is 0 Å². The monoisotopic (exact) mass is 465 g/mol. The van der Waals surface area contributed by atoms with Crippen molar-refractivity contribution in [3.8, 4) is 5.75 Å². The minimum absolute atomic E-state index is 0. The second kappa shape index (κ2) is 11.9. The number of rotatable bonds is 9. The maximum absolute atomic E-state index is 6.29. The van der Waals surface area contributed by atoms with Crippen molar-refractivity contribution in [3.05, 3.63) is 113 Å². The van der Waals surface area contributed by atoms with E-state index in [1.54, 1.807) is 0 Å². The van der Waals surface area contributed by atoms with Crippen molar-refractivity contribution in [1.29, 1.82) is 0 Å². The molecule has 1 N–H and O–H groups in total. The van der Waals surface area contributed by atoms with Gasteiger partial charge in [0.1, 0.15) is 12.4 Å². The third-order valence-corrected chi connectivity index (χ3v) is 5.86. The average molecular weight is 466 g/mol. The Kier molecular flexibility index (Phi) is 8.99. The number of benzene rings is 4. The zero-order chi connectivity index (χ0) is 21.5. The summed E-state index contributed by atoms with van der Waals surface area (Å²) in [6.45, 7) is 3.49. The van der Waals surface area contributed by atoms with E-state index in [-0.39, 0.29) is 12.4 Å². The third-order valence-electron chi connectivity index (χ3n) is 5.61. The van der Waals surface area contributed by atoms with Crippen LogP contribution in [0.1, 0.15) is 42.5 Å². The van der Waals surface area contributed by atoms with E-state index in [0.29, 0.717) is 12.6 Å². The lowest BCUT2D eigenvalue weighted by molar-refractivity contribution is 0.302. The number of ether oxygens (including phenoxy) is 1. The highest BCUT2D eigenvalue weighted by Gasteiger charge is 2.14. The van der Waals surface area contributed by atoms with Gasteiger partial charge in [-0.3, -0.25) is 0 Å². The van der Waals surface area contributed by atoms with Crippen molar-refractivity contribution < 1.29 is 4.74 Å². The summed E-state index contributed by atoms with van der Waals surface area (Å²) < 4.78 is 6.29. The van der Waals surface area contributed by atoms with Crippen molar-refractivity contribution in [2.45, 2.75) is 39.0 Å². The highest BCUT2D eigenvalue weighted by molar-refractivity contribution is 6.30. The van der Waals surface area contributed by atoms with Crippen molar-refractivity contribution >= 4 is 34.8 Å². The second-order valence-electron chi connectivity index (χ2n) is 7.81. The first-order valence-corrected chi connectivity index (χ1v) is 11.3. The third kappa shape index (κ3) is 6.04. The zero-order valence-electron chi connectivity index (χ0n) is 18.3. The number of hydrogen-bond donors (Lipinski definition) is 1. The molecule has 0 aromatic heterocycles. The van der Waals surface area contributed by atoms with Crippen LogP contribution < -0.4 is 10.1 Å². The predicted octanol–water partition coefficient (Wildman–Crippen LogP) is 8.13. The lowest BCUT2D eigenvalue weighted by atomic mass is 10.00. The molecule has 0 bridgehead atoms. The standard InChI is InChI=1S/C28H28ClNO.ClH/c1-2-8-27(23-10-4-3-5-11-23)30-19-26-25-12-7-6-9-22(25)15-18-28(26)31-20-21-13-16-24(29)17-14-21;/h3-7,9-18,27,30H,2,8,19-20H2,1H3;1H. The van der Waals surface area contributed by atoms with Gasteiger partial charge < -0.3 is 10.1 Å². The first-order chi connectivity index (χ1) is 15.2. The first-order valence-electron chi connectivity index (χ1n) is 10.9. The Morgan fingerprint density at radius 2 is 1.56 bits per heavy atom. The van der Waals surface area contributed by atoms with E-state index in [1.165, 1.54) is 21.9 Å². The Balaban J connectivity index is 0.00000289. The molecule has 0 amide bonds. The zero-order valence-corrected chi connectivity index (χ0v) is 19.8. The Morgan fingerprint density at radius 1 is 0.844 bits per heavy atom. The van der Waals surface area contributed by atoms with Gasteiger partial charge in [-0.15, -0.1) is 12.4 Å². The molecule has 0 aliphatic heterocycles. The number of hydrogen-bond acceptors (Lipinski definition) is 2. The fourth-order valence-corrected chi connectivity index (χ4v) is 4.09. The van der Waals surface area contributed by atoms with Crippen molar-refractivity contribution in [3.63, 3.8) is 0 Å². The topological polar surface area (TPSA) is 21.3 Å². The van der Waals surface area contributed by atoms with Gasteiger partial charge in [0.15, 0.2) is 0 Å². The molecule has 0 fully saturated rings. The molecule has 0 spiro atoms. The van der Waals surface area contributed by atoms with Crippen LogP contribution in [-0.2, 0) is 13.2 Å². The average Bonchev–Trinajstić information content (AvgIpc) is 2.82. The van der Waals surface area contributed by atoms with E-state index in [0.717, 1.165) is 35.7 Å². The maximum Gasteiger partial charge on any atom is 0.124 e. The van der Waals surface area contributed by atoms with Crippen LogP contribution in [0.15, 0.2) is 91.0 Å². The van der Waals surface area contributed by atoms with E-state index in [1.807, 2.05) is 24.3 Å². The van der Waals surface area contributed by atoms with E-state index in [9.17, 15) is 0 Å². The summed E-state index contributed by atoms with van der Waals surface area (Å²) in [6, 6.07) is 31.6. The Labute approximate surface area is 202 Å². The first kappa shape index (κ1) is 24.1. The number of halogens is 2. The van der Waals surface area contributed by atoms with E-state index >= 15 is 0 Å². The van der Waals surface area contributed by atoms with E-state index in [4.69, 9.17) is 16.3 Å². The van der Waals surface area contributed by atoms with Gasteiger partial charge >= 0.3 is 0 Å². The molecule has 4 rings (SSSR count). The minimum atomic E-state index is 0. The fourth-order valence-electron chi connectivity index (χ4n) is 3.96. The predicted molar refractivity (Wildman–Crippen MR) is 138 cm³/mol. The quantitative estimate of drug-likeness (QED) is 0.269. The van der Waals surface area contributed by atoms with Crippen LogP contribution in [0.3, 0.4) is 0 Å². The Hall–Kier alpha value is -2.52. The summed E-state index contributed by atoms with van der Waals surface area (Å²) in [4.78, 5) is 0. The molecule has 1 atom stereocenters. The molecule has 166 valence electrons. The smallest absolute Gasteiger partial charge is 0.124 e. The van der Waals surface area contributed by atoms with Gasteiger partial charge in [0.2, 0.25) is 0 Å². The van der Waals surface area contributed by atoms with Crippen molar-refractivity contribution in [2.24, 2.45) is 0 Å². The van der Waals surface area contributed by atoms with Gasteiger partial charge in [-0.1, -0.05) is 97.7 Å². The molecule has 0 saturated heterocycles. The van der Waals surface area contributed by atoms with Crippen LogP contribution in [-0.4, -0.2) is 0 Å². The molecule has 4 aromatic rings. The molecule has 0 heterocycles. The molecule has 0 saturated carbocycles. The van der Waals surface area contributed by atoms with E-state index in [2.05, 4.69) is 79.0 Å². The summed E-state index contributed by atoms with van der Waals surface area (Å²) in [5.41, 5.74) is 3.63. The van der Waals surface area contributed by atoms with Gasteiger partial charge in [0, 0.05) is 23.2 Å². The Bertz CT molecular complexity index is 1110. The van der Waals surface area contributed by atoms with Crippen LogP contribution in [0.5, 0.6) is 5.75 Å². The van der Waals surface area contributed by atoms with Gasteiger partial charge in [-0.2, -0.15) is 0 Å². The largest absolute Gasteiger partial charge is 0.489 e. The van der Waals surface area contributed by atoms with Crippen LogP contribution in [0.25, 0.3) is 10.8 Å². The molecule has 2 nitrogen and oxygen atoms in total. The summed E-state index contributed by atoms with van der Waals surface area (Å²) in [7, 11) is 0. The molecular weight excluding hydrogens is 437 g/mol. The van der Waals surface area contributed by atoms with Crippen LogP contribution in [0.2, 0.25) is 5.02 Å². The van der Waals surface area contributed by atoms with Gasteiger partial charge in [0.05, 0.1) is 0 Å². The molecule has 0 aliphatic rings. The minimum Gasteiger partial charge on any atom is -0.489 e. The normalized spacial score (nSPS) is 11.7. The summed E-state index contributed by atoms with van der Waals surface area (Å²) >= 11 is 6.02. The summed E-state index contributed by atoms with van der Waals surface area (Å²) in [5.74, 6) is 0.921. The SMILES string of the molecule is CCCC(NCc1c(OCc2ccc(Cl)cc2)ccc2ccccc12)c1ccccc1.Cl. The van der Waals surface area contributed by atoms with Crippen molar-refractivity contribution in [2.75, 3.05) is 0 Å². The maximum atomic E-state index is 6.29. The molecular formula is C28H29Cl2NO. The Morgan fingerprint density at radius 3 is 2.31 bits per heavy atom. The fraction of sp³-hybridized carbons (Fsp3) is 0.214. The second-order valence-corrected chi connectivity index (χ2v) is 8.25. The number of nitrogens with one attached hydrogen (secondary N) is 1. The van der Waals surface area contributed by atoms with Gasteiger partial charge in [-0.05, 0) is 46.5 Å². The van der Waals surface area contributed by atoms with Crippen LogP contribution >= 0.6 is 24.0 Å².